The molecule has 0 saturated heterocycles. The fraction of sp³-hybridized carbons (Fsp3) is 0.857. The fourth-order valence-electron chi connectivity index (χ4n) is 2.47. The van der Waals surface area contributed by atoms with Gasteiger partial charge in [-0.05, 0) is 33.6 Å². The van der Waals surface area contributed by atoms with Crippen molar-refractivity contribution in [1.82, 2.24) is 5.32 Å². The summed E-state index contributed by atoms with van der Waals surface area (Å²) in [6.07, 6.45) is 5.05. The Morgan fingerprint density at radius 1 is 1.44 bits per heavy atom. The van der Waals surface area contributed by atoms with Crippen molar-refractivity contribution in [3.63, 3.8) is 0 Å². The van der Waals surface area contributed by atoms with Crippen LogP contribution in [0.15, 0.2) is 11.6 Å². The van der Waals surface area contributed by atoms with Crippen molar-refractivity contribution in [3.8, 4) is 0 Å². The lowest BCUT2D eigenvalue weighted by Gasteiger charge is -2.53. The first-order valence-corrected chi connectivity index (χ1v) is 6.53. The van der Waals surface area contributed by atoms with Crippen molar-refractivity contribution in [3.05, 3.63) is 11.6 Å². The molecular weight excluding hydrogens is 198 g/mol. The predicted molar refractivity (Wildman–Crippen MR) is 69.7 cm³/mol. The van der Waals surface area contributed by atoms with Gasteiger partial charge in [-0.2, -0.15) is 0 Å². The topological polar surface area (TPSA) is 21.3 Å². The van der Waals surface area contributed by atoms with Crippen molar-refractivity contribution < 1.29 is 4.74 Å². The van der Waals surface area contributed by atoms with E-state index < -0.39 is 0 Å². The second kappa shape index (κ2) is 5.83. The van der Waals surface area contributed by atoms with Gasteiger partial charge in [-0.1, -0.05) is 25.5 Å². The van der Waals surface area contributed by atoms with Gasteiger partial charge in [0.1, 0.15) is 0 Å². The lowest BCUT2D eigenvalue weighted by molar-refractivity contribution is -0.124. The Morgan fingerprint density at radius 2 is 2.12 bits per heavy atom. The van der Waals surface area contributed by atoms with Crippen molar-refractivity contribution in [2.75, 3.05) is 13.2 Å². The van der Waals surface area contributed by atoms with Crippen LogP contribution in [-0.4, -0.2) is 25.3 Å². The molecule has 0 heterocycles. The summed E-state index contributed by atoms with van der Waals surface area (Å²) in [6.45, 7) is 12.8. The monoisotopic (exact) mass is 225 g/mol. The highest BCUT2D eigenvalue weighted by molar-refractivity contribution is 5.06. The first-order chi connectivity index (χ1) is 7.54. The minimum absolute atomic E-state index is 0.325. The van der Waals surface area contributed by atoms with Crippen LogP contribution in [0, 0.1) is 5.41 Å². The van der Waals surface area contributed by atoms with E-state index in [0.717, 1.165) is 19.6 Å². The maximum absolute atomic E-state index is 5.79. The molecule has 0 bridgehead atoms. The highest BCUT2D eigenvalue weighted by atomic mass is 16.5. The summed E-state index contributed by atoms with van der Waals surface area (Å²) in [5, 5.41) is 3.62. The molecule has 0 aromatic rings. The lowest BCUT2D eigenvalue weighted by Crippen LogP contribution is -2.62. The molecule has 2 heteroatoms. The molecule has 0 amide bonds. The van der Waals surface area contributed by atoms with Gasteiger partial charge in [0, 0.05) is 24.6 Å². The van der Waals surface area contributed by atoms with Crippen LogP contribution < -0.4 is 5.32 Å². The smallest absolute Gasteiger partial charge is 0.0658 e. The molecule has 0 aromatic carbocycles. The molecule has 0 radical (unpaired) electrons. The highest BCUT2D eigenvalue weighted by Gasteiger charge is 2.50. The van der Waals surface area contributed by atoms with Crippen LogP contribution >= 0.6 is 0 Å². The van der Waals surface area contributed by atoms with Gasteiger partial charge in [0.15, 0.2) is 0 Å². The van der Waals surface area contributed by atoms with E-state index in [1.807, 2.05) is 0 Å². The molecule has 1 saturated carbocycles. The third kappa shape index (κ3) is 2.86. The number of allylic oxidation sites excluding steroid dienone is 1. The summed E-state index contributed by atoms with van der Waals surface area (Å²) >= 11 is 0. The number of hydrogen-bond donors (Lipinski definition) is 1. The predicted octanol–water partition coefficient (Wildman–Crippen LogP) is 3.14. The van der Waals surface area contributed by atoms with Gasteiger partial charge in [0.25, 0.3) is 0 Å². The Balaban J connectivity index is 2.42. The minimum Gasteiger partial charge on any atom is -0.378 e. The van der Waals surface area contributed by atoms with Crippen LogP contribution in [0.1, 0.15) is 47.5 Å². The molecule has 1 fully saturated rings. The van der Waals surface area contributed by atoms with Crippen molar-refractivity contribution in [2.45, 2.75) is 59.6 Å². The average Bonchev–Trinajstić information content (AvgIpc) is 2.25. The van der Waals surface area contributed by atoms with E-state index in [1.165, 1.54) is 12.0 Å². The van der Waals surface area contributed by atoms with Gasteiger partial charge in [-0.25, -0.2) is 0 Å². The van der Waals surface area contributed by atoms with Crippen LogP contribution in [0.3, 0.4) is 0 Å². The van der Waals surface area contributed by atoms with E-state index in [2.05, 4.69) is 46.0 Å². The normalized spacial score (nSPS) is 33.3. The van der Waals surface area contributed by atoms with Crippen molar-refractivity contribution in [1.29, 1.82) is 0 Å². The Labute approximate surface area is 100 Å². The van der Waals surface area contributed by atoms with Crippen molar-refractivity contribution in [2.24, 2.45) is 5.41 Å². The summed E-state index contributed by atoms with van der Waals surface area (Å²) in [4.78, 5) is 0. The Kier molecular flexibility index (Phi) is 5.00. The molecule has 0 spiro atoms. The van der Waals surface area contributed by atoms with E-state index in [1.54, 1.807) is 0 Å². The Bertz CT molecular complexity index is 245. The molecule has 1 aliphatic rings. The molecular formula is C14H27NO. The van der Waals surface area contributed by atoms with Crippen LogP contribution in [0.25, 0.3) is 0 Å². The first-order valence-electron chi connectivity index (χ1n) is 6.53. The molecule has 3 atom stereocenters. The molecule has 94 valence electrons. The zero-order valence-electron chi connectivity index (χ0n) is 11.5. The van der Waals surface area contributed by atoms with Gasteiger partial charge in [-0.15, -0.1) is 0 Å². The van der Waals surface area contributed by atoms with Gasteiger partial charge in [-0.3, -0.25) is 0 Å². The second-order valence-corrected chi connectivity index (χ2v) is 5.28. The molecule has 0 aliphatic heterocycles. The van der Waals surface area contributed by atoms with Gasteiger partial charge >= 0.3 is 0 Å². The summed E-state index contributed by atoms with van der Waals surface area (Å²) < 4.78 is 5.79. The van der Waals surface area contributed by atoms with E-state index in [4.69, 9.17) is 4.74 Å². The molecule has 2 nitrogen and oxygen atoms in total. The van der Waals surface area contributed by atoms with Crippen LogP contribution in [0.4, 0.5) is 0 Å². The molecule has 0 aromatic heterocycles. The molecule has 16 heavy (non-hydrogen) atoms. The quantitative estimate of drug-likeness (QED) is 0.701. The third-order valence-electron chi connectivity index (χ3n) is 3.99. The third-order valence-corrected chi connectivity index (χ3v) is 3.99. The SMILES string of the molecule is CCOC1CC(NCC=C(C)C)C1(C)CC. The summed E-state index contributed by atoms with van der Waals surface area (Å²) in [5.74, 6) is 0. The Morgan fingerprint density at radius 3 is 2.62 bits per heavy atom. The summed E-state index contributed by atoms with van der Waals surface area (Å²) in [5.41, 5.74) is 1.71. The number of ether oxygens (including phenoxy) is 1. The van der Waals surface area contributed by atoms with Crippen LogP contribution in [0.2, 0.25) is 0 Å². The van der Waals surface area contributed by atoms with E-state index in [-0.39, 0.29) is 0 Å². The number of rotatable bonds is 6. The number of hydrogen-bond acceptors (Lipinski definition) is 2. The summed E-state index contributed by atoms with van der Waals surface area (Å²) in [7, 11) is 0. The molecule has 3 unspecified atom stereocenters. The molecule has 1 N–H and O–H groups in total. The number of nitrogens with one attached hydrogen (secondary N) is 1. The summed E-state index contributed by atoms with van der Waals surface area (Å²) in [6, 6.07) is 0.615. The zero-order chi connectivity index (χ0) is 12.2. The van der Waals surface area contributed by atoms with Gasteiger partial charge in [0.2, 0.25) is 0 Å². The van der Waals surface area contributed by atoms with Crippen LogP contribution in [0.5, 0.6) is 0 Å². The minimum atomic E-state index is 0.325. The van der Waals surface area contributed by atoms with E-state index in [0.29, 0.717) is 17.6 Å². The maximum Gasteiger partial charge on any atom is 0.0658 e. The Hall–Kier alpha value is -0.340. The van der Waals surface area contributed by atoms with E-state index >= 15 is 0 Å². The maximum atomic E-state index is 5.79. The lowest BCUT2D eigenvalue weighted by atomic mass is 9.61. The zero-order valence-corrected chi connectivity index (χ0v) is 11.5. The van der Waals surface area contributed by atoms with Gasteiger partial charge < -0.3 is 10.1 Å². The molecule has 1 rings (SSSR count). The largest absolute Gasteiger partial charge is 0.378 e. The van der Waals surface area contributed by atoms with Gasteiger partial charge in [0.05, 0.1) is 6.10 Å². The van der Waals surface area contributed by atoms with E-state index in [9.17, 15) is 0 Å². The van der Waals surface area contributed by atoms with Crippen molar-refractivity contribution >= 4 is 0 Å². The molecule has 1 aliphatic carbocycles. The first kappa shape index (κ1) is 13.7. The van der Waals surface area contributed by atoms with Crippen LogP contribution in [-0.2, 0) is 4.74 Å². The average molecular weight is 225 g/mol. The fourth-order valence-corrected chi connectivity index (χ4v) is 2.47. The highest BCUT2D eigenvalue weighted by Crippen LogP contribution is 2.45. The standard InChI is InChI=1S/C14H27NO/c1-6-14(5)12(10-13(14)16-7-2)15-9-8-11(3)4/h8,12-13,15H,6-7,9-10H2,1-5H3. The second-order valence-electron chi connectivity index (χ2n) is 5.28.